The van der Waals surface area contributed by atoms with Gasteiger partial charge in [0.15, 0.2) is 0 Å². The zero-order chi connectivity index (χ0) is 10.1. The molecule has 1 saturated carbocycles. The molecule has 0 spiro atoms. The van der Waals surface area contributed by atoms with Crippen molar-refractivity contribution in [2.45, 2.75) is 18.9 Å². The number of nitrogens with zero attached hydrogens (tertiary/aromatic N) is 1. The fourth-order valence-corrected chi connectivity index (χ4v) is 2.21. The summed E-state index contributed by atoms with van der Waals surface area (Å²) in [6.45, 7) is 0. The molecule has 0 aromatic heterocycles. The first kappa shape index (κ1) is 9.45. The number of halogens is 1. The smallest absolute Gasteiger partial charge is 0.225 e. The van der Waals surface area contributed by atoms with Crippen LogP contribution in [0.1, 0.15) is 12.8 Å². The van der Waals surface area contributed by atoms with Crippen molar-refractivity contribution >= 4 is 16.6 Å². The number of hydrogen-bond acceptors (Lipinski definition) is 2. The van der Waals surface area contributed by atoms with Gasteiger partial charge in [0.1, 0.15) is 5.82 Å². The minimum Gasteiger partial charge on any atom is -0.266 e. The summed E-state index contributed by atoms with van der Waals surface area (Å²) >= 11 is 0. The summed E-state index contributed by atoms with van der Waals surface area (Å²) in [7, 11) is -2.74. The molecular formula is C9H10FNO2S. The van der Waals surface area contributed by atoms with Crippen LogP contribution in [0.5, 0.6) is 0 Å². The number of anilines is 1. The van der Waals surface area contributed by atoms with Crippen molar-refractivity contribution in [2.75, 3.05) is 4.31 Å². The highest BCUT2D eigenvalue weighted by molar-refractivity contribution is 7.74. The largest absolute Gasteiger partial charge is 0.266 e. The van der Waals surface area contributed by atoms with Crippen LogP contribution in [0.2, 0.25) is 0 Å². The summed E-state index contributed by atoms with van der Waals surface area (Å²) < 4.78 is 36.3. The van der Waals surface area contributed by atoms with Crippen molar-refractivity contribution in [3.8, 4) is 0 Å². The van der Waals surface area contributed by atoms with Gasteiger partial charge in [-0.15, -0.1) is 0 Å². The van der Waals surface area contributed by atoms with E-state index in [1.54, 1.807) is 12.1 Å². The highest BCUT2D eigenvalue weighted by Crippen LogP contribution is 2.32. The van der Waals surface area contributed by atoms with Crippen LogP contribution in [0.15, 0.2) is 24.3 Å². The molecule has 14 heavy (non-hydrogen) atoms. The van der Waals surface area contributed by atoms with Crippen LogP contribution in [0, 0.1) is 5.82 Å². The third-order valence-electron chi connectivity index (χ3n) is 2.17. The van der Waals surface area contributed by atoms with Gasteiger partial charge in [0.05, 0.1) is 5.69 Å². The van der Waals surface area contributed by atoms with Gasteiger partial charge in [0, 0.05) is 6.04 Å². The molecule has 0 bridgehead atoms. The zero-order valence-electron chi connectivity index (χ0n) is 7.39. The van der Waals surface area contributed by atoms with Crippen LogP contribution >= 0.6 is 0 Å². The van der Waals surface area contributed by atoms with E-state index in [0.717, 1.165) is 17.1 Å². The molecule has 1 aromatic carbocycles. The molecule has 5 heteroatoms. The lowest BCUT2D eigenvalue weighted by Gasteiger charge is -2.16. The molecule has 76 valence electrons. The Morgan fingerprint density at radius 2 is 1.93 bits per heavy atom. The molecule has 0 N–H and O–H groups in total. The molecule has 0 heterocycles. The lowest BCUT2D eigenvalue weighted by Crippen LogP contribution is -2.24. The molecule has 0 saturated heterocycles. The van der Waals surface area contributed by atoms with Gasteiger partial charge in [0.25, 0.3) is 0 Å². The second kappa shape index (κ2) is 3.57. The van der Waals surface area contributed by atoms with Gasteiger partial charge in [-0.1, -0.05) is 12.1 Å². The van der Waals surface area contributed by atoms with Crippen LogP contribution < -0.4 is 4.31 Å². The Morgan fingerprint density at radius 3 is 2.43 bits per heavy atom. The van der Waals surface area contributed by atoms with Crippen molar-refractivity contribution in [2.24, 2.45) is 0 Å². The van der Waals surface area contributed by atoms with Crippen LogP contribution in [-0.2, 0) is 10.9 Å². The summed E-state index contributed by atoms with van der Waals surface area (Å²) in [4.78, 5) is 0. The fourth-order valence-electron chi connectivity index (χ4n) is 1.37. The predicted molar refractivity (Wildman–Crippen MR) is 52.2 cm³/mol. The first-order chi connectivity index (χ1) is 6.70. The first-order valence-corrected chi connectivity index (χ1v) is 5.51. The molecule has 0 amide bonds. The van der Waals surface area contributed by atoms with E-state index in [-0.39, 0.29) is 11.7 Å². The Morgan fingerprint density at radius 1 is 1.29 bits per heavy atom. The fraction of sp³-hybridized carbons (Fsp3) is 0.333. The Hall–Kier alpha value is -1.10. The molecule has 0 radical (unpaired) electrons. The standard InChI is InChI=1S/C9H10FNO2S/c10-8-3-1-2-4-9(8)11(14(12)13)7-5-6-7/h1-4,7,14H,5-6H2. The van der Waals surface area contributed by atoms with E-state index in [2.05, 4.69) is 0 Å². The number of benzene rings is 1. The van der Waals surface area contributed by atoms with Crippen molar-refractivity contribution in [1.29, 1.82) is 0 Å². The minimum atomic E-state index is -2.74. The second-order valence-electron chi connectivity index (χ2n) is 3.26. The summed E-state index contributed by atoms with van der Waals surface area (Å²) in [6, 6.07) is 5.89. The number of rotatable bonds is 3. The first-order valence-electron chi connectivity index (χ1n) is 4.38. The van der Waals surface area contributed by atoms with E-state index in [1.165, 1.54) is 12.1 Å². The Bertz CT molecular complexity index is 407. The van der Waals surface area contributed by atoms with Gasteiger partial charge in [0.2, 0.25) is 10.9 Å². The molecule has 1 fully saturated rings. The average molecular weight is 215 g/mol. The van der Waals surface area contributed by atoms with E-state index in [1.807, 2.05) is 0 Å². The Kier molecular flexibility index (Phi) is 2.41. The maximum Gasteiger partial charge on any atom is 0.225 e. The molecule has 3 nitrogen and oxygen atoms in total. The molecule has 1 aliphatic carbocycles. The predicted octanol–water partition coefficient (Wildman–Crippen LogP) is 1.32. The maximum absolute atomic E-state index is 13.3. The second-order valence-corrected chi connectivity index (χ2v) is 4.17. The molecule has 0 atom stereocenters. The molecule has 1 aromatic rings. The van der Waals surface area contributed by atoms with E-state index >= 15 is 0 Å². The van der Waals surface area contributed by atoms with Gasteiger partial charge in [-0.25, -0.2) is 12.8 Å². The van der Waals surface area contributed by atoms with Crippen molar-refractivity contribution < 1.29 is 12.8 Å². The summed E-state index contributed by atoms with van der Waals surface area (Å²) in [6.07, 6.45) is 1.63. The topological polar surface area (TPSA) is 37.4 Å². The monoisotopic (exact) mass is 215 g/mol. The molecule has 1 aliphatic rings. The highest BCUT2D eigenvalue weighted by Gasteiger charge is 2.32. The van der Waals surface area contributed by atoms with Crippen LogP contribution in [-0.4, -0.2) is 14.5 Å². The quantitative estimate of drug-likeness (QED) is 0.772. The molecule has 0 aliphatic heterocycles. The number of hydrogen-bond donors (Lipinski definition) is 1. The van der Waals surface area contributed by atoms with E-state index in [0.29, 0.717) is 0 Å². The third kappa shape index (κ3) is 1.72. The van der Waals surface area contributed by atoms with E-state index < -0.39 is 16.7 Å². The summed E-state index contributed by atoms with van der Waals surface area (Å²) in [5.74, 6) is -0.487. The van der Waals surface area contributed by atoms with E-state index in [4.69, 9.17) is 0 Å². The lowest BCUT2D eigenvalue weighted by atomic mass is 10.3. The van der Waals surface area contributed by atoms with Gasteiger partial charge in [-0.05, 0) is 25.0 Å². The summed E-state index contributed by atoms with van der Waals surface area (Å²) in [5, 5.41) is 0. The van der Waals surface area contributed by atoms with E-state index in [9.17, 15) is 12.8 Å². The van der Waals surface area contributed by atoms with Crippen molar-refractivity contribution in [3.05, 3.63) is 30.1 Å². The van der Waals surface area contributed by atoms with Crippen LogP contribution in [0.3, 0.4) is 0 Å². The molecule has 0 unspecified atom stereocenters. The zero-order valence-corrected chi connectivity index (χ0v) is 8.28. The maximum atomic E-state index is 13.3. The van der Waals surface area contributed by atoms with Gasteiger partial charge in [-0.2, -0.15) is 0 Å². The molecule has 2 rings (SSSR count). The average Bonchev–Trinajstić information content (AvgIpc) is 2.92. The van der Waals surface area contributed by atoms with Gasteiger partial charge >= 0.3 is 0 Å². The van der Waals surface area contributed by atoms with Crippen molar-refractivity contribution in [1.82, 2.24) is 0 Å². The van der Waals surface area contributed by atoms with Crippen LogP contribution in [0.4, 0.5) is 10.1 Å². The van der Waals surface area contributed by atoms with Gasteiger partial charge < -0.3 is 0 Å². The molecular weight excluding hydrogens is 205 g/mol. The summed E-state index contributed by atoms with van der Waals surface area (Å²) in [5.41, 5.74) is 0.158. The lowest BCUT2D eigenvalue weighted by molar-refractivity contribution is 0.601. The number of para-hydroxylation sites is 1. The SMILES string of the molecule is O=[SH](=O)N(c1ccccc1F)C1CC1. The number of thiol groups is 1. The normalized spacial score (nSPS) is 15.9. The van der Waals surface area contributed by atoms with Gasteiger partial charge in [-0.3, -0.25) is 4.31 Å². The minimum absolute atomic E-state index is 0.0342. The Labute approximate surface area is 83.2 Å². The Balaban J connectivity index is 2.39. The van der Waals surface area contributed by atoms with Crippen molar-refractivity contribution in [3.63, 3.8) is 0 Å². The third-order valence-corrected chi connectivity index (χ3v) is 3.06. The highest BCUT2D eigenvalue weighted by atomic mass is 32.2. The van der Waals surface area contributed by atoms with Crippen LogP contribution in [0.25, 0.3) is 0 Å².